The van der Waals surface area contributed by atoms with E-state index in [1.54, 1.807) is 6.07 Å². The number of fused-ring (bicyclic) bond motifs is 1. The van der Waals surface area contributed by atoms with Crippen LogP contribution in [0.2, 0.25) is 5.02 Å². The molecule has 0 radical (unpaired) electrons. The molecule has 3 N–H and O–H groups in total. The Kier molecular flexibility index (Phi) is 2.76. The van der Waals surface area contributed by atoms with Crippen LogP contribution in [-0.2, 0) is 0 Å². The molecule has 1 heterocycles. The number of hydrogen-bond donors (Lipinski definition) is 2. The van der Waals surface area contributed by atoms with Gasteiger partial charge in [0.1, 0.15) is 5.69 Å². The summed E-state index contributed by atoms with van der Waals surface area (Å²) >= 11 is 6.26. The molecule has 0 spiro atoms. The van der Waals surface area contributed by atoms with Gasteiger partial charge in [0.25, 0.3) is 5.91 Å². The SMILES string of the molecule is NC(=O)c1[nH]c2cccc(Cl)c2c1-c1ccccc1. The highest BCUT2D eigenvalue weighted by molar-refractivity contribution is 6.37. The Balaban J connectivity index is 2.44. The molecule has 0 fully saturated rings. The third-order valence-electron chi connectivity index (χ3n) is 3.08. The highest BCUT2D eigenvalue weighted by Gasteiger charge is 2.18. The summed E-state index contributed by atoms with van der Waals surface area (Å²) in [5.74, 6) is -0.494. The van der Waals surface area contributed by atoms with Crippen molar-refractivity contribution in [3.05, 3.63) is 59.2 Å². The van der Waals surface area contributed by atoms with Gasteiger partial charge in [0.05, 0.1) is 5.02 Å². The number of primary amides is 1. The Morgan fingerprint density at radius 2 is 1.79 bits per heavy atom. The summed E-state index contributed by atoms with van der Waals surface area (Å²) in [4.78, 5) is 14.7. The number of nitrogens with two attached hydrogens (primary N) is 1. The minimum atomic E-state index is -0.494. The number of amides is 1. The normalized spacial score (nSPS) is 10.8. The van der Waals surface area contributed by atoms with E-state index in [1.807, 2.05) is 42.5 Å². The summed E-state index contributed by atoms with van der Waals surface area (Å²) < 4.78 is 0. The maximum absolute atomic E-state index is 11.6. The Morgan fingerprint density at radius 1 is 1.05 bits per heavy atom. The molecule has 4 heteroatoms. The summed E-state index contributed by atoms with van der Waals surface area (Å²) in [5, 5.41) is 1.42. The Labute approximate surface area is 115 Å². The Morgan fingerprint density at radius 3 is 2.47 bits per heavy atom. The average Bonchev–Trinajstić information content (AvgIpc) is 2.81. The van der Waals surface area contributed by atoms with Gasteiger partial charge in [0, 0.05) is 16.5 Å². The third kappa shape index (κ3) is 1.88. The summed E-state index contributed by atoms with van der Waals surface area (Å²) in [6.45, 7) is 0. The molecule has 3 aromatic rings. The van der Waals surface area contributed by atoms with E-state index in [4.69, 9.17) is 17.3 Å². The van der Waals surface area contributed by atoms with E-state index in [9.17, 15) is 4.79 Å². The minimum absolute atomic E-state index is 0.384. The average molecular weight is 271 g/mol. The summed E-state index contributed by atoms with van der Waals surface area (Å²) in [6, 6.07) is 15.1. The topological polar surface area (TPSA) is 58.9 Å². The van der Waals surface area contributed by atoms with Crippen molar-refractivity contribution < 1.29 is 4.79 Å². The molecule has 3 rings (SSSR count). The van der Waals surface area contributed by atoms with Crippen LogP contribution >= 0.6 is 11.6 Å². The molecule has 0 aliphatic carbocycles. The highest BCUT2D eigenvalue weighted by Crippen LogP contribution is 2.36. The number of aromatic nitrogens is 1. The maximum atomic E-state index is 11.6. The number of carbonyl (C=O) groups excluding carboxylic acids is 1. The minimum Gasteiger partial charge on any atom is -0.364 e. The second kappa shape index (κ2) is 4.44. The molecule has 1 aromatic heterocycles. The zero-order chi connectivity index (χ0) is 13.4. The zero-order valence-electron chi connectivity index (χ0n) is 9.98. The monoisotopic (exact) mass is 270 g/mol. The summed E-state index contributed by atoms with van der Waals surface area (Å²) in [7, 11) is 0. The van der Waals surface area contributed by atoms with Crippen LogP contribution in [0.4, 0.5) is 0 Å². The maximum Gasteiger partial charge on any atom is 0.265 e. The third-order valence-corrected chi connectivity index (χ3v) is 3.40. The van der Waals surface area contributed by atoms with E-state index in [0.29, 0.717) is 10.7 Å². The summed E-state index contributed by atoms with van der Waals surface area (Å²) in [5.41, 5.74) is 8.31. The second-order valence-electron chi connectivity index (χ2n) is 4.27. The first-order valence-electron chi connectivity index (χ1n) is 5.84. The largest absolute Gasteiger partial charge is 0.364 e. The van der Waals surface area contributed by atoms with Crippen LogP contribution in [-0.4, -0.2) is 10.9 Å². The molecule has 0 saturated heterocycles. The highest BCUT2D eigenvalue weighted by atomic mass is 35.5. The quantitative estimate of drug-likeness (QED) is 0.734. The van der Waals surface area contributed by atoms with Gasteiger partial charge >= 0.3 is 0 Å². The number of H-pyrrole nitrogens is 1. The van der Waals surface area contributed by atoms with E-state index in [0.717, 1.165) is 22.0 Å². The van der Waals surface area contributed by atoms with Gasteiger partial charge in [-0.05, 0) is 17.7 Å². The standard InChI is InChI=1S/C15H11ClN2O/c16-10-7-4-8-11-13(10)12(14(18-11)15(17)19)9-5-2-1-3-6-9/h1-8,18H,(H2,17,19). The van der Waals surface area contributed by atoms with Crippen molar-refractivity contribution in [1.82, 2.24) is 4.98 Å². The predicted molar refractivity (Wildman–Crippen MR) is 77.3 cm³/mol. The van der Waals surface area contributed by atoms with Gasteiger partial charge in [-0.1, -0.05) is 48.0 Å². The van der Waals surface area contributed by atoms with Crippen LogP contribution in [0.15, 0.2) is 48.5 Å². The summed E-state index contributed by atoms with van der Waals surface area (Å²) in [6.07, 6.45) is 0. The second-order valence-corrected chi connectivity index (χ2v) is 4.67. The molecule has 0 aliphatic heterocycles. The van der Waals surface area contributed by atoms with E-state index in [-0.39, 0.29) is 0 Å². The predicted octanol–water partition coefficient (Wildman–Crippen LogP) is 3.59. The van der Waals surface area contributed by atoms with Gasteiger partial charge in [-0.25, -0.2) is 0 Å². The number of carbonyl (C=O) groups is 1. The van der Waals surface area contributed by atoms with Gasteiger partial charge in [0.15, 0.2) is 0 Å². The van der Waals surface area contributed by atoms with Crippen molar-refractivity contribution in [1.29, 1.82) is 0 Å². The molecule has 2 aromatic carbocycles. The fourth-order valence-corrected chi connectivity index (χ4v) is 2.55. The fourth-order valence-electron chi connectivity index (χ4n) is 2.28. The van der Waals surface area contributed by atoms with Crippen LogP contribution in [0.3, 0.4) is 0 Å². The fraction of sp³-hybridized carbons (Fsp3) is 0. The van der Waals surface area contributed by atoms with Gasteiger partial charge in [0.2, 0.25) is 0 Å². The number of halogens is 1. The van der Waals surface area contributed by atoms with Crippen molar-refractivity contribution in [2.45, 2.75) is 0 Å². The molecule has 0 aliphatic rings. The Bertz CT molecular complexity index is 762. The van der Waals surface area contributed by atoms with E-state index in [2.05, 4.69) is 4.98 Å². The zero-order valence-corrected chi connectivity index (χ0v) is 10.7. The number of aromatic amines is 1. The lowest BCUT2D eigenvalue weighted by molar-refractivity contribution is 0.0997. The first-order chi connectivity index (χ1) is 9.18. The lowest BCUT2D eigenvalue weighted by Crippen LogP contribution is -2.12. The van der Waals surface area contributed by atoms with Gasteiger partial charge < -0.3 is 10.7 Å². The number of rotatable bonds is 2. The Hall–Kier alpha value is -2.26. The van der Waals surface area contributed by atoms with Gasteiger partial charge in [-0.3, -0.25) is 4.79 Å². The van der Waals surface area contributed by atoms with Crippen molar-refractivity contribution in [2.24, 2.45) is 5.73 Å². The van der Waals surface area contributed by atoms with Crippen molar-refractivity contribution in [3.63, 3.8) is 0 Å². The van der Waals surface area contributed by atoms with E-state index in [1.165, 1.54) is 0 Å². The molecule has 0 saturated carbocycles. The molecule has 0 atom stereocenters. The van der Waals surface area contributed by atoms with Crippen LogP contribution in [0.1, 0.15) is 10.5 Å². The first-order valence-corrected chi connectivity index (χ1v) is 6.21. The van der Waals surface area contributed by atoms with Gasteiger partial charge in [-0.2, -0.15) is 0 Å². The smallest absolute Gasteiger partial charge is 0.265 e. The first kappa shape index (κ1) is 11.8. The molecule has 19 heavy (non-hydrogen) atoms. The molecular weight excluding hydrogens is 260 g/mol. The number of nitrogens with one attached hydrogen (secondary N) is 1. The van der Waals surface area contributed by atoms with Crippen molar-refractivity contribution >= 4 is 28.4 Å². The van der Waals surface area contributed by atoms with Crippen molar-refractivity contribution in [3.8, 4) is 11.1 Å². The molecule has 0 bridgehead atoms. The molecule has 0 unspecified atom stereocenters. The number of hydrogen-bond acceptors (Lipinski definition) is 1. The van der Waals surface area contributed by atoms with E-state index < -0.39 is 5.91 Å². The van der Waals surface area contributed by atoms with E-state index >= 15 is 0 Å². The van der Waals surface area contributed by atoms with Gasteiger partial charge in [-0.15, -0.1) is 0 Å². The molecule has 1 amide bonds. The van der Waals surface area contributed by atoms with Crippen LogP contribution in [0, 0.1) is 0 Å². The number of benzene rings is 2. The van der Waals surface area contributed by atoms with Crippen LogP contribution in [0.5, 0.6) is 0 Å². The van der Waals surface area contributed by atoms with Crippen LogP contribution < -0.4 is 5.73 Å². The molecule has 3 nitrogen and oxygen atoms in total. The van der Waals surface area contributed by atoms with Crippen LogP contribution in [0.25, 0.3) is 22.0 Å². The lowest BCUT2D eigenvalue weighted by Gasteiger charge is -2.03. The van der Waals surface area contributed by atoms with Crippen molar-refractivity contribution in [2.75, 3.05) is 0 Å². The molecule has 94 valence electrons. The molecular formula is C15H11ClN2O. The lowest BCUT2D eigenvalue weighted by atomic mass is 10.0.